The fourth-order valence-corrected chi connectivity index (χ4v) is 3.88. The number of nitrogens with one attached hydrogen (secondary N) is 2. The Labute approximate surface area is 160 Å². The average Bonchev–Trinajstić information content (AvgIpc) is 2.70. The van der Waals surface area contributed by atoms with Crippen LogP contribution in [-0.2, 0) is 4.79 Å². The first-order chi connectivity index (χ1) is 13.2. The minimum Gasteiger partial charge on any atom is -0.366 e. The topological polar surface area (TPSA) is 60.0 Å². The molecule has 1 amide bonds. The third kappa shape index (κ3) is 5.34. The molecule has 0 unspecified atom stereocenters. The summed E-state index contributed by atoms with van der Waals surface area (Å²) in [5.74, 6) is 0.558. The van der Waals surface area contributed by atoms with Crippen LogP contribution in [0.2, 0.25) is 0 Å². The summed E-state index contributed by atoms with van der Waals surface area (Å²) in [6.45, 7) is 3.14. The molecule has 27 heavy (non-hydrogen) atoms. The quantitative estimate of drug-likeness (QED) is 0.624. The molecule has 1 aliphatic heterocycles. The van der Waals surface area contributed by atoms with Crippen molar-refractivity contribution < 1.29 is 9.18 Å². The van der Waals surface area contributed by atoms with Crippen molar-refractivity contribution in [1.29, 1.82) is 0 Å². The molecular formula is C20H30FN5O. The number of carbonyl (C=O) groups is 1. The summed E-state index contributed by atoms with van der Waals surface area (Å²) in [7, 11) is 1.73. The van der Waals surface area contributed by atoms with Crippen molar-refractivity contribution in [2.75, 3.05) is 44.7 Å². The molecule has 0 radical (unpaired) electrons. The smallest absolute Gasteiger partial charge is 0.239 e. The van der Waals surface area contributed by atoms with Gasteiger partial charge in [-0.15, -0.1) is 0 Å². The van der Waals surface area contributed by atoms with Gasteiger partial charge in [0.25, 0.3) is 0 Å². The highest BCUT2D eigenvalue weighted by atomic mass is 19.1. The van der Waals surface area contributed by atoms with Gasteiger partial charge in [-0.05, 0) is 25.0 Å². The second-order valence-corrected chi connectivity index (χ2v) is 7.23. The number of para-hydroxylation sites is 1. The number of anilines is 1. The van der Waals surface area contributed by atoms with Crippen molar-refractivity contribution >= 4 is 17.6 Å². The van der Waals surface area contributed by atoms with Crippen LogP contribution in [0.4, 0.5) is 10.1 Å². The number of aliphatic imine (C=N–C) groups is 1. The molecule has 1 aromatic carbocycles. The fourth-order valence-electron chi connectivity index (χ4n) is 3.88. The summed E-state index contributed by atoms with van der Waals surface area (Å²) in [6.07, 6.45) is 5.84. The normalized spacial score (nSPS) is 19.1. The first kappa shape index (κ1) is 19.5. The second kappa shape index (κ2) is 9.58. The van der Waals surface area contributed by atoms with Crippen LogP contribution in [0, 0.1) is 5.82 Å². The Morgan fingerprint density at radius 3 is 2.52 bits per heavy atom. The zero-order chi connectivity index (χ0) is 19.1. The van der Waals surface area contributed by atoms with E-state index in [0.717, 1.165) is 45.0 Å². The number of amides is 1. The molecule has 3 rings (SSSR count). The summed E-state index contributed by atoms with van der Waals surface area (Å²) in [4.78, 5) is 20.7. The van der Waals surface area contributed by atoms with E-state index >= 15 is 0 Å². The molecule has 0 aromatic heterocycles. The Morgan fingerprint density at radius 1 is 1.15 bits per heavy atom. The predicted molar refractivity (Wildman–Crippen MR) is 107 cm³/mol. The van der Waals surface area contributed by atoms with Gasteiger partial charge in [-0.1, -0.05) is 31.4 Å². The van der Waals surface area contributed by atoms with Crippen LogP contribution in [0.5, 0.6) is 0 Å². The fraction of sp³-hybridized carbons (Fsp3) is 0.600. The lowest BCUT2D eigenvalue weighted by Crippen LogP contribution is -2.54. The zero-order valence-electron chi connectivity index (χ0n) is 16.1. The van der Waals surface area contributed by atoms with Crippen molar-refractivity contribution in [3.05, 3.63) is 30.1 Å². The number of guanidine groups is 1. The van der Waals surface area contributed by atoms with Crippen molar-refractivity contribution in [3.63, 3.8) is 0 Å². The molecule has 0 atom stereocenters. The van der Waals surface area contributed by atoms with E-state index in [0.29, 0.717) is 11.7 Å². The molecule has 2 N–H and O–H groups in total. The van der Waals surface area contributed by atoms with Crippen LogP contribution < -0.4 is 15.5 Å². The summed E-state index contributed by atoms with van der Waals surface area (Å²) >= 11 is 0. The molecule has 1 heterocycles. The van der Waals surface area contributed by atoms with Gasteiger partial charge in [-0.25, -0.2) is 4.39 Å². The van der Waals surface area contributed by atoms with Crippen molar-refractivity contribution in [2.45, 2.75) is 38.1 Å². The number of hydrogen-bond donors (Lipinski definition) is 2. The van der Waals surface area contributed by atoms with E-state index in [1.165, 1.54) is 25.3 Å². The maximum absolute atomic E-state index is 14.0. The van der Waals surface area contributed by atoms with Gasteiger partial charge in [-0.3, -0.25) is 9.79 Å². The van der Waals surface area contributed by atoms with Gasteiger partial charge in [0.1, 0.15) is 5.82 Å². The van der Waals surface area contributed by atoms with Crippen LogP contribution in [0.15, 0.2) is 29.3 Å². The standard InChI is InChI=1S/C20H30FN5O/c1-22-20(23-15-19(27)24-16-7-3-2-4-8-16)26-13-11-25(12-14-26)18-10-6-5-9-17(18)21/h5-6,9-10,16H,2-4,7-8,11-15H2,1H3,(H,22,23)(H,24,27). The Balaban J connectivity index is 1.45. The largest absolute Gasteiger partial charge is 0.366 e. The molecule has 1 aromatic rings. The maximum atomic E-state index is 14.0. The van der Waals surface area contributed by atoms with Crippen LogP contribution in [-0.4, -0.2) is 62.6 Å². The molecule has 6 nitrogen and oxygen atoms in total. The number of carbonyl (C=O) groups excluding carboxylic acids is 1. The molecule has 0 spiro atoms. The monoisotopic (exact) mass is 375 g/mol. The highest BCUT2D eigenvalue weighted by Crippen LogP contribution is 2.20. The van der Waals surface area contributed by atoms with Crippen LogP contribution in [0.1, 0.15) is 32.1 Å². The number of benzene rings is 1. The number of nitrogens with zero attached hydrogens (tertiary/aromatic N) is 3. The van der Waals surface area contributed by atoms with E-state index in [1.54, 1.807) is 13.1 Å². The van der Waals surface area contributed by atoms with Crippen LogP contribution in [0.25, 0.3) is 0 Å². The van der Waals surface area contributed by atoms with Gasteiger partial charge >= 0.3 is 0 Å². The van der Waals surface area contributed by atoms with Gasteiger partial charge in [0.15, 0.2) is 5.96 Å². The minimum absolute atomic E-state index is 0.0213. The molecule has 148 valence electrons. The molecule has 1 saturated carbocycles. The molecule has 1 saturated heterocycles. The molecular weight excluding hydrogens is 345 g/mol. The van der Waals surface area contributed by atoms with Crippen LogP contribution in [0.3, 0.4) is 0 Å². The van der Waals surface area contributed by atoms with Crippen molar-refractivity contribution in [3.8, 4) is 0 Å². The van der Waals surface area contributed by atoms with Gasteiger partial charge in [0, 0.05) is 39.3 Å². The third-order valence-corrected chi connectivity index (χ3v) is 5.36. The molecule has 2 aliphatic rings. The summed E-state index contributed by atoms with van der Waals surface area (Å²) in [5.41, 5.74) is 0.645. The Kier molecular flexibility index (Phi) is 6.90. The SMILES string of the molecule is CN=C(NCC(=O)NC1CCCCC1)N1CCN(c2ccccc2F)CC1. The highest BCUT2D eigenvalue weighted by Gasteiger charge is 2.22. The van der Waals surface area contributed by atoms with E-state index in [1.807, 2.05) is 12.1 Å². The number of hydrogen-bond acceptors (Lipinski definition) is 3. The Morgan fingerprint density at radius 2 is 1.85 bits per heavy atom. The van der Waals surface area contributed by atoms with Gasteiger partial charge in [0.05, 0.1) is 12.2 Å². The number of piperazine rings is 1. The highest BCUT2D eigenvalue weighted by molar-refractivity contribution is 5.86. The first-order valence-corrected chi connectivity index (χ1v) is 9.92. The van der Waals surface area contributed by atoms with E-state index in [4.69, 9.17) is 0 Å². The average molecular weight is 375 g/mol. The number of rotatable bonds is 4. The van der Waals surface area contributed by atoms with E-state index in [9.17, 15) is 9.18 Å². The first-order valence-electron chi connectivity index (χ1n) is 9.92. The van der Waals surface area contributed by atoms with E-state index in [-0.39, 0.29) is 18.3 Å². The second-order valence-electron chi connectivity index (χ2n) is 7.23. The predicted octanol–water partition coefficient (Wildman–Crippen LogP) is 1.97. The van der Waals surface area contributed by atoms with Crippen LogP contribution >= 0.6 is 0 Å². The van der Waals surface area contributed by atoms with Crippen molar-refractivity contribution in [1.82, 2.24) is 15.5 Å². The van der Waals surface area contributed by atoms with Gasteiger partial charge in [0.2, 0.25) is 5.91 Å². The van der Waals surface area contributed by atoms with Gasteiger partial charge < -0.3 is 20.4 Å². The zero-order valence-corrected chi connectivity index (χ0v) is 16.1. The summed E-state index contributed by atoms with van der Waals surface area (Å²) in [6, 6.07) is 7.19. The maximum Gasteiger partial charge on any atom is 0.239 e. The molecule has 1 aliphatic carbocycles. The van der Waals surface area contributed by atoms with Crippen molar-refractivity contribution in [2.24, 2.45) is 4.99 Å². The summed E-state index contributed by atoms with van der Waals surface area (Å²) in [5, 5.41) is 6.28. The molecule has 2 fully saturated rings. The number of halogens is 1. The lowest BCUT2D eigenvalue weighted by Gasteiger charge is -2.37. The van der Waals surface area contributed by atoms with E-state index in [2.05, 4.69) is 25.4 Å². The Hall–Kier alpha value is -2.31. The molecule has 7 heteroatoms. The Bertz CT molecular complexity index is 652. The summed E-state index contributed by atoms with van der Waals surface area (Å²) < 4.78 is 14.0. The third-order valence-electron chi connectivity index (χ3n) is 5.36. The minimum atomic E-state index is -0.187. The molecule has 0 bridgehead atoms. The lowest BCUT2D eigenvalue weighted by atomic mass is 9.95. The van der Waals surface area contributed by atoms with E-state index < -0.39 is 0 Å². The lowest BCUT2D eigenvalue weighted by molar-refractivity contribution is -0.120. The van der Waals surface area contributed by atoms with Gasteiger partial charge in [-0.2, -0.15) is 0 Å².